The largest absolute Gasteiger partial charge is 0.465 e. The molecule has 1 N–H and O–H groups in total. The van der Waals surface area contributed by atoms with E-state index in [1.165, 1.54) is 20.2 Å². The molecule has 11 nitrogen and oxygen atoms in total. The number of halogens is 3. The number of nitrogens with zero attached hydrogens (tertiary/aromatic N) is 3. The summed E-state index contributed by atoms with van der Waals surface area (Å²) in [5.41, 5.74) is 2.15. The summed E-state index contributed by atoms with van der Waals surface area (Å²) >= 11 is 8.29. The average Bonchev–Trinajstić information content (AvgIpc) is 3.13. The van der Waals surface area contributed by atoms with Crippen molar-refractivity contribution in [2.75, 3.05) is 20.8 Å². The van der Waals surface area contributed by atoms with E-state index in [1.54, 1.807) is 43.3 Å². The fourth-order valence-corrected chi connectivity index (χ4v) is 5.30. The minimum Gasteiger partial charge on any atom is -0.465 e. The number of ether oxygens (including phenoxy) is 3. The number of likely N-dealkylation sites (N-methyl/N-ethyl adjacent to an activating group) is 1. The molecule has 268 valence electrons. The molecule has 0 spiro atoms. The summed E-state index contributed by atoms with van der Waals surface area (Å²) in [6, 6.07) is 17.1. The van der Waals surface area contributed by atoms with Gasteiger partial charge in [-0.05, 0) is 84.8 Å². The summed E-state index contributed by atoms with van der Waals surface area (Å²) in [6.07, 6.45) is 4.69. The maximum Gasteiger partial charge on any atom is 0.292 e. The monoisotopic (exact) mass is 830 g/mol. The molecule has 0 atom stereocenters. The molecule has 0 bridgehead atoms. The third-order valence-electron chi connectivity index (χ3n) is 7.26. The lowest BCUT2D eigenvalue weighted by atomic mass is 10.1. The van der Waals surface area contributed by atoms with E-state index in [0.29, 0.717) is 51.8 Å². The summed E-state index contributed by atoms with van der Waals surface area (Å²) < 4.78 is 38.8. The molecule has 2 heterocycles. The van der Waals surface area contributed by atoms with Crippen LogP contribution in [0.1, 0.15) is 49.8 Å². The van der Waals surface area contributed by atoms with Crippen molar-refractivity contribution in [1.29, 1.82) is 0 Å². The van der Waals surface area contributed by atoms with E-state index < -0.39 is 17.6 Å². The van der Waals surface area contributed by atoms with E-state index in [0.717, 1.165) is 29.2 Å². The summed E-state index contributed by atoms with van der Waals surface area (Å²) in [5.74, 6) is -1.31. The van der Waals surface area contributed by atoms with Gasteiger partial charge in [-0.1, -0.05) is 61.6 Å². The quantitative estimate of drug-likeness (QED) is 0.0535. The molecule has 0 aliphatic heterocycles. The Morgan fingerprint density at radius 1 is 1.02 bits per heavy atom. The van der Waals surface area contributed by atoms with Gasteiger partial charge in [0.15, 0.2) is 11.1 Å². The molecule has 1 amide bonds. The van der Waals surface area contributed by atoms with Crippen LogP contribution in [-0.2, 0) is 16.1 Å². The highest BCUT2D eigenvalue weighted by Gasteiger charge is 2.22. The Hall–Kier alpha value is -4.76. The average molecular weight is 831 g/mol. The van der Waals surface area contributed by atoms with Gasteiger partial charge in [0.05, 0.1) is 23.1 Å². The standard InChI is InChI=1S/C21H18ClFN4O4.C16H19IO3/c1-12-14(22)8-6-10-15(12)30-20-17(23)21(26-11-25-20)31-16-9-5-4-7-13(16)18(27-29-3)19(28)24-2;1-3-5-9-19-16-12(6-4-2)15(18)13-10-11(17)7-8-14(13)20-16/h4-11H,1-3H3,(H,24,28);7-8,10H,3-6,9H2,1-2H3/b27-18+;. The number of carbonyl (C=O) groups excluding carboxylic acids is 1. The lowest BCUT2D eigenvalue weighted by molar-refractivity contribution is -0.114. The van der Waals surface area contributed by atoms with Crippen molar-refractivity contribution in [3.8, 4) is 29.2 Å². The highest BCUT2D eigenvalue weighted by molar-refractivity contribution is 14.1. The SMILES string of the molecule is CCCCOc1oc2ccc(I)cc2c(=O)c1CCC.CNC(=O)/C(=N/OC)c1ccccc1Oc1ncnc(Oc2cccc(Cl)c2C)c1F. The van der Waals surface area contributed by atoms with Gasteiger partial charge in [-0.25, -0.2) is 0 Å². The van der Waals surface area contributed by atoms with Crippen LogP contribution in [0.2, 0.25) is 5.02 Å². The Kier molecular flexibility index (Phi) is 14.6. The van der Waals surface area contributed by atoms with Gasteiger partial charge in [0.1, 0.15) is 30.5 Å². The molecule has 0 fully saturated rings. The minimum atomic E-state index is -0.929. The van der Waals surface area contributed by atoms with Crippen LogP contribution in [0.25, 0.3) is 11.0 Å². The predicted molar refractivity (Wildman–Crippen MR) is 202 cm³/mol. The van der Waals surface area contributed by atoms with Crippen LogP contribution in [0.3, 0.4) is 0 Å². The number of rotatable bonds is 13. The van der Waals surface area contributed by atoms with Crippen molar-refractivity contribution in [3.05, 3.63) is 108 Å². The van der Waals surface area contributed by atoms with E-state index >= 15 is 4.39 Å². The zero-order valence-electron chi connectivity index (χ0n) is 28.7. The first kappa shape index (κ1) is 39.0. The lowest BCUT2D eigenvalue weighted by Crippen LogP contribution is -2.28. The Morgan fingerprint density at radius 3 is 2.41 bits per heavy atom. The number of unbranched alkanes of at least 4 members (excludes halogenated alkanes) is 1. The smallest absolute Gasteiger partial charge is 0.292 e. The zero-order valence-corrected chi connectivity index (χ0v) is 31.6. The molecule has 0 aliphatic rings. The molecule has 14 heteroatoms. The Morgan fingerprint density at radius 2 is 1.73 bits per heavy atom. The molecular weight excluding hydrogens is 794 g/mol. The van der Waals surface area contributed by atoms with Crippen LogP contribution in [-0.4, -0.2) is 42.4 Å². The molecule has 0 saturated carbocycles. The van der Waals surface area contributed by atoms with Crippen LogP contribution in [0.4, 0.5) is 4.39 Å². The number of benzene rings is 3. The zero-order chi connectivity index (χ0) is 36.9. The van der Waals surface area contributed by atoms with Crippen molar-refractivity contribution < 1.29 is 32.7 Å². The van der Waals surface area contributed by atoms with Gasteiger partial charge >= 0.3 is 0 Å². The number of para-hydroxylation sites is 1. The van der Waals surface area contributed by atoms with Gasteiger partial charge in [-0.15, -0.1) is 0 Å². The molecule has 0 saturated heterocycles. The van der Waals surface area contributed by atoms with E-state index in [9.17, 15) is 9.59 Å². The van der Waals surface area contributed by atoms with Crippen molar-refractivity contribution in [2.45, 2.75) is 46.5 Å². The Balaban J connectivity index is 0.000000251. The van der Waals surface area contributed by atoms with E-state index in [4.69, 9.17) is 35.1 Å². The highest BCUT2D eigenvalue weighted by Crippen LogP contribution is 2.34. The third kappa shape index (κ3) is 9.94. The number of amides is 1. The van der Waals surface area contributed by atoms with Crippen molar-refractivity contribution in [2.24, 2.45) is 5.16 Å². The highest BCUT2D eigenvalue weighted by atomic mass is 127. The van der Waals surface area contributed by atoms with Crippen LogP contribution < -0.4 is 25.0 Å². The molecular formula is C37H37ClFIN4O7. The third-order valence-corrected chi connectivity index (χ3v) is 8.34. The van der Waals surface area contributed by atoms with Gasteiger partial charge in [0, 0.05) is 21.2 Å². The summed E-state index contributed by atoms with van der Waals surface area (Å²) in [6.45, 7) is 6.48. The van der Waals surface area contributed by atoms with Crippen molar-refractivity contribution in [1.82, 2.24) is 15.3 Å². The number of aromatic nitrogens is 2. The first-order valence-corrected chi connectivity index (χ1v) is 17.5. The summed E-state index contributed by atoms with van der Waals surface area (Å²) in [5, 5.41) is 7.31. The summed E-state index contributed by atoms with van der Waals surface area (Å²) in [4.78, 5) is 37.2. The topological polar surface area (TPSA) is 134 Å². The van der Waals surface area contributed by atoms with Gasteiger partial charge in [-0.3, -0.25) is 9.59 Å². The van der Waals surface area contributed by atoms with Crippen LogP contribution in [0, 0.1) is 16.3 Å². The second-order valence-electron chi connectivity index (χ2n) is 10.9. The van der Waals surface area contributed by atoms with Crippen LogP contribution in [0.15, 0.2) is 81.4 Å². The number of fused-ring (bicyclic) bond motifs is 1. The fraction of sp³-hybridized carbons (Fsp3) is 0.270. The second-order valence-corrected chi connectivity index (χ2v) is 12.5. The van der Waals surface area contributed by atoms with Gasteiger partial charge in [0.25, 0.3) is 23.6 Å². The minimum absolute atomic E-state index is 0.0399. The maximum atomic E-state index is 15.0. The van der Waals surface area contributed by atoms with Crippen molar-refractivity contribution >= 4 is 56.8 Å². The molecule has 5 aromatic rings. The molecule has 3 aromatic carbocycles. The molecule has 5 rings (SSSR count). The first-order valence-electron chi connectivity index (χ1n) is 16.0. The summed E-state index contributed by atoms with van der Waals surface area (Å²) in [7, 11) is 2.75. The normalized spacial score (nSPS) is 11.0. The molecule has 2 aromatic heterocycles. The Bertz CT molecular complexity index is 2080. The van der Waals surface area contributed by atoms with Gasteiger partial charge in [-0.2, -0.15) is 14.4 Å². The number of hydrogen-bond donors (Lipinski definition) is 1. The molecule has 51 heavy (non-hydrogen) atoms. The Labute approximate surface area is 313 Å². The maximum absolute atomic E-state index is 15.0. The van der Waals surface area contributed by atoms with Gasteiger partial charge in [0.2, 0.25) is 5.82 Å². The van der Waals surface area contributed by atoms with Crippen LogP contribution >= 0.6 is 34.2 Å². The number of hydrogen-bond acceptors (Lipinski definition) is 10. The molecule has 0 unspecified atom stereocenters. The predicted octanol–water partition coefficient (Wildman–Crippen LogP) is 8.79. The van der Waals surface area contributed by atoms with E-state index in [1.807, 2.05) is 25.1 Å². The van der Waals surface area contributed by atoms with E-state index in [-0.39, 0.29) is 28.3 Å². The number of nitrogens with one attached hydrogen (secondary N) is 1. The van der Waals surface area contributed by atoms with Gasteiger partial charge < -0.3 is 28.8 Å². The number of oxime groups is 1. The van der Waals surface area contributed by atoms with E-state index in [2.05, 4.69) is 50.0 Å². The van der Waals surface area contributed by atoms with Crippen LogP contribution in [0.5, 0.6) is 29.2 Å². The first-order chi connectivity index (χ1) is 24.6. The second kappa shape index (κ2) is 19.0. The molecule has 0 radical (unpaired) electrons. The number of carbonyl (C=O) groups is 1. The molecule has 0 aliphatic carbocycles. The fourth-order valence-electron chi connectivity index (χ4n) is 4.64. The van der Waals surface area contributed by atoms with Crippen molar-refractivity contribution in [3.63, 3.8) is 0 Å². The lowest BCUT2D eigenvalue weighted by Gasteiger charge is -2.13.